The molecule has 0 radical (unpaired) electrons. The minimum atomic E-state index is -4.04. The summed E-state index contributed by atoms with van der Waals surface area (Å²) in [6, 6.07) is 8.88. The number of carbonyl (C=O) groups is 1. The third kappa shape index (κ3) is 4.68. The molecule has 0 bridgehead atoms. The van der Waals surface area contributed by atoms with Crippen molar-refractivity contribution in [1.82, 2.24) is 0 Å². The molecule has 0 aliphatic carbocycles. The number of benzene rings is 2. The van der Waals surface area contributed by atoms with Gasteiger partial charge in [-0.15, -0.1) is 0 Å². The molecule has 0 atom stereocenters. The van der Waals surface area contributed by atoms with Gasteiger partial charge in [0.1, 0.15) is 4.90 Å². The lowest BCUT2D eigenvalue weighted by atomic mass is 10.2. The van der Waals surface area contributed by atoms with Crippen LogP contribution in [-0.4, -0.2) is 33.7 Å². The summed E-state index contributed by atoms with van der Waals surface area (Å²) in [5.41, 5.74) is 0.628. The Bertz CT molecular complexity index is 938. The van der Waals surface area contributed by atoms with Crippen molar-refractivity contribution >= 4 is 39.4 Å². The maximum atomic E-state index is 12.8. The number of anilines is 1. The molecule has 0 aliphatic rings. The minimum Gasteiger partial charge on any atom is -0.493 e. The van der Waals surface area contributed by atoms with Gasteiger partial charge in [0.25, 0.3) is 10.0 Å². The summed E-state index contributed by atoms with van der Waals surface area (Å²) < 4.78 is 38.4. The number of rotatable bonds is 7. The first-order chi connectivity index (χ1) is 12.3. The van der Waals surface area contributed by atoms with E-state index in [9.17, 15) is 13.2 Å². The fourth-order valence-corrected chi connectivity index (χ4v) is 3.54. The molecule has 2 N–H and O–H groups in total. The van der Waals surface area contributed by atoms with Gasteiger partial charge in [0.2, 0.25) is 0 Å². The number of halogens is 1. The molecule has 7 nitrogen and oxygen atoms in total. The zero-order valence-corrected chi connectivity index (χ0v) is 15.5. The average Bonchev–Trinajstić information content (AvgIpc) is 2.60. The highest BCUT2D eigenvalue weighted by molar-refractivity contribution is 7.92. The first kappa shape index (κ1) is 19.6. The Morgan fingerprint density at radius 1 is 1.15 bits per heavy atom. The van der Waals surface area contributed by atoms with Gasteiger partial charge in [-0.3, -0.25) is 4.72 Å². The Kier molecular flexibility index (Phi) is 6.12. The lowest BCUT2D eigenvalue weighted by Gasteiger charge is -2.15. The number of hydrogen-bond donors (Lipinski definition) is 2. The lowest BCUT2D eigenvalue weighted by molar-refractivity contribution is -0.131. The monoisotopic (exact) mass is 397 g/mol. The highest BCUT2D eigenvalue weighted by Crippen LogP contribution is 2.37. The molecule has 0 fully saturated rings. The van der Waals surface area contributed by atoms with Crippen LogP contribution in [0.2, 0.25) is 5.02 Å². The molecule has 2 rings (SSSR count). The van der Waals surface area contributed by atoms with Crippen molar-refractivity contribution in [2.45, 2.75) is 4.90 Å². The van der Waals surface area contributed by atoms with Crippen LogP contribution in [0.1, 0.15) is 5.56 Å². The van der Waals surface area contributed by atoms with E-state index < -0.39 is 16.0 Å². The fraction of sp³-hybridized carbons (Fsp3) is 0.118. The van der Waals surface area contributed by atoms with Crippen LogP contribution < -0.4 is 14.2 Å². The third-order valence-electron chi connectivity index (χ3n) is 3.27. The molecule has 2 aromatic rings. The molecule has 9 heteroatoms. The van der Waals surface area contributed by atoms with Crippen LogP contribution in [0.15, 0.2) is 47.4 Å². The quantitative estimate of drug-likeness (QED) is 0.695. The number of aliphatic carboxylic acids is 1. The van der Waals surface area contributed by atoms with Crippen LogP contribution in [-0.2, 0) is 14.8 Å². The molecule has 0 aliphatic heterocycles. The van der Waals surface area contributed by atoms with Crippen molar-refractivity contribution in [3.05, 3.63) is 53.1 Å². The minimum absolute atomic E-state index is 0.00133. The maximum Gasteiger partial charge on any atom is 0.328 e. The van der Waals surface area contributed by atoms with E-state index in [1.165, 1.54) is 44.6 Å². The predicted octanol–water partition coefficient (Wildman–Crippen LogP) is 3.26. The van der Waals surface area contributed by atoms with E-state index in [-0.39, 0.29) is 16.4 Å². The highest BCUT2D eigenvalue weighted by atomic mass is 35.5. The van der Waals surface area contributed by atoms with Crippen LogP contribution in [0.3, 0.4) is 0 Å². The van der Waals surface area contributed by atoms with Gasteiger partial charge in [0.15, 0.2) is 11.5 Å². The fourth-order valence-electron chi connectivity index (χ4n) is 2.14. The number of carboxylic acids is 1. The topological polar surface area (TPSA) is 102 Å². The molecule has 0 aromatic heterocycles. The van der Waals surface area contributed by atoms with Crippen molar-refractivity contribution in [2.24, 2.45) is 0 Å². The van der Waals surface area contributed by atoms with Crippen LogP contribution in [0, 0.1) is 0 Å². The average molecular weight is 398 g/mol. The zero-order chi connectivity index (χ0) is 19.3. The zero-order valence-electron chi connectivity index (χ0n) is 13.9. The largest absolute Gasteiger partial charge is 0.493 e. The van der Waals surface area contributed by atoms with Crippen molar-refractivity contribution in [3.63, 3.8) is 0 Å². The van der Waals surface area contributed by atoms with Crippen LogP contribution >= 0.6 is 11.6 Å². The summed E-state index contributed by atoms with van der Waals surface area (Å²) in [7, 11) is -1.38. The number of ether oxygens (including phenoxy) is 2. The van der Waals surface area contributed by atoms with Gasteiger partial charge in [-0.1, -0.05) is 11.6 Å². The van der Waals surface area contributed by atoms with Gasteiger partial charge in [-0.25, -0.2) is 13.2 Å². The van der Waals surface area contributed by atoms with E-state index in [0.29, 0.717) is 16.3 Å². The number of carboxylic acid groups (broad SMARTS) is 1. The van der Waals surface area contributed by atoms with Crippen molar-refractivity contribution in [3.8, 4) is 11.5 Å². The Hall–Kier alpha value is -2.71. The molecular weight excluding hydrogens is 382 g/mol. The molecule has 138 valence electrons. The highest BCUT2D eigenvalue weighted by Gasteiger charge is 2.24. The molecule has 0 heterocycles. The first-order valence-electron chi connectivity index (χ1n) is 7.22. The summed E-state index contributed by atoms with van der Waals surface area (Å²) in [4.78, 5) is 10.5. The van der Waals surface area contributed by atoms with Crippen molar-refractivity contribution in [2.75, 3.05) is 18.9 Å². The van der Waals surface area contributed by atoms with Gasteiger partial charge in [0.05, 0.1) is 14.2 Å². The second kappa shape index (κ2) is 8.11. The van der Waals surface area contributed by atoms with Gasteiger partial charge in [0, 0.05) is 16.8 Å². The van der Waals surface area contributed by atoms with E-state index >= 15 is 0 Å². The van der Waals surface area contributed by atoms with E-state index in [2.05, 4.69) is 4.72 Å². The number of methoxy groups -OCH3 is 2. The summed E-state index contributed by atoms with van der Waals surface area (Å²) in [5, 5.41) is 9.23. The summed E-state index contributed by atoms with van der Waals surface area (Å²) in [6.45, 7) is 0. The molecule has 0 amide bonds. The molecule has 0 saturated carbocycles. The number of hydrogen-bond acceptors (Lipinski definition) is 5. The summed E-state index contributed by atoms with van der Waals surface area (Å²) >= 11 is 5.80. The standard InChI is InChI=1S/C17H16ClNO6S/c1-24-14-9-11(3-8-16(20)21)10-15(17(14)25-2)26(22,23)19-13-6-4-12(18)5-7-13/h3-10,19H,1-2H3,(H,20,21)/b8-3+. The van der Waals surface area contributed by atoms with Crippen molar-refractivity contribution < 1.29 is 27.8 Å². The lowest BCUT2D eigenvalue weighted by Crippen LogP contribution is -2.14. The van der Waals surface area contributed by atoms with Crippen LogP contribution in [0.4, 0.5) is 5.69 Å². The second-order valence-corrected chi connectivity index (χ2v) is 7.13. The second-order valence-electron chi connectivity index (χ2n) is 5.04. The van der Waals surface area contributed by atoms with Gasteiger partial charge < -0.3 is 14.6 Å². The first-order valence-corrected chi connectivity index (χ1v) is 9.08. The van der Waals surface area contributed by atoms with Gasteiger partial charge in [-0.2, -0.15) is 0 Å². The van der Waals surface area contributed by atoms with E-state index in [1.54, 1.807) is 12.1 Å². The Balaban J connectivity index is 2.55. The van der Waals surface area contributed by atoms with Crippen LogP contribution in [0.5, 0.6) is 11.5 Å². The number of nitrogens with one attached hydrogen (secondary N) is 1. The van der Waals surface area contributed by atoms with Gasteiger partial charge in [-0.05, 0) is 48.0 Å². The summed E-state index contributed by atoms with van der Waals surface area (Å²) in [6.07, 6.45) is 2.15. The number of sulfonamides is 1. The van der Waals surface area contributed by atoms with Crippen LogP contribution in [0.25, 0.3) is 6.08 Å². The normalized spacial score (nSPS) is 11.3. The predicted molar refractivity (Wildman–Crippen MR) is 98.5 cm³/mol. The Labute approximate surface area is 155 Å². The summed E-state index contributed by atoms with van der Waals surface area (Å²) in [5.74, 6) is -1.01. The van der Waals surface area contributed by atoms with Gasteiger partial charge >= 0.3 is 5.97 Å². The molecule has 26 heavy (non-hydrogen) atoms. The van der Waals surface area contributed by atoms with Crippen molar-refractivity contribution in [1.29, 1.82) is 0 Å². The SMILES string of the molecule is COc1cc(/C=C/C(=O)O)cc(S(=O)(=O)Nc2ccc(Cl)cc2)c1OC. The van der Waals surface area contributed by atoms with E-state index in [0.717, 1.165) is 6.08 Å². The Morgan fingerprint density at radius 3 is 2.35 bits per heavy atom. The maximum absolute atomic E-state index is 12.8. The molecule has 2 aromatic carbocycles. The third-order valence-corrected chi connectivity index (χ3v) is 4.91. The molecule has 0 spiro atoms. The molecule has 0 unspecified atom stereocenters. The molecular formula is C17H16ClNO6S. The Morgan fingerprint density at radius 2 is 1.81 bits per heavy atom. The van der Waals surface area contributed by atoms with E-state index in [1.807, 2.05) is 0 Å². The molecule has 0 saturated heterocycles. The smallest absolute Gasteiger partial charge is 0.328 e. The van der Waals surface area contributed by atoms with E-state index in [4.69, 9.17) is 26.2 Å².